The summed E-state index contributed by atoms with van der Waals surface area (Å²) in [7, 11) is 0. The summed E-state index contributed by atoms with van der Waals surface area (Å²) in [5, 5.41) is 12.8. The molecule has 0 saturated heterocycles. The van der Waals surface area contributed by atoms with Crippen LogP contribution in [0.2, 0.25) is 0 Å². The molecule has 2 aromatic rings. The first-order valence-corrected chi connectivity index (χ1v) is 6.21. The zero-order valence-electron chi connectivity index (χ0n) is 10.8. The van der Waals surface area contributed by atoms with E-state index in [-0.39, 0.29) is 5.41 Å². The second-order valence-corrected chi connectivity index (χ2v) is 5.35. The van der Waals surface area contributed by atoms with Crippen LogP contribution in [0.5, 0.6) is 0 Å². The van der Waals surface area contributed by atoms with Gasteiger partial charge in [-0.15, -0.1) is 0 Å². The predicted molar refractivity (Wildman–Crippen MR) is 73.0 cm³/mol. The molecule has 0 saturated carbocycles. The molecule has 0 heterocycles. The molecule has 0 amide bonds. The molecule has 1 atom stereocenters. The molecule has 0 aliphatic rings. The van der Waals surface area contributed by atoms with E-state index in [9.17, 15) is 5.11 Å². The van der Waals surface area contributed by atoms with E-state index < -0.39 is 6.10 Å². The smallest absolute Gasteiger partial charge is 0.0841 e. The lowest BCUT2D eigenvalue weighted by Crippen LogP contribution is -2.20. The number of hydrogen-bond acceptors (Lipinski definition) is 1. The predicted octanol–water partition coefficient (Wildman–Crippen LogP) is 4.31. The summed E-state index contributed by atoms with van der Waals surface area (Å²) in [5.41, 5.74) is 0.929. The fraction of sp³-hybridized carbons (Fsp3) is 0.375. The summed E-state index contributed by atoms with van der Waals surface area (Å²) in [6.45, 7) is 6.32. The molecule has 0 fully saturated rings. The second-order valence-electron chi connectivity index (χ2n) is 5.35. The standard InChI is InChI=1S/C16H20O/c1-4-16(2,3)15(17)14-10-9-12-7-5-6-8-13(12)11-14/h5-11,15,17H,4H2,1-3H3. The molecule has 0 bridgehead atoms. The van der Waals surface area contributed by atoms with Gasteiger partial charge in [0, 0.05) is 0 Å². The molecule has 0 radical (unpaired) electrons. The number of aliphatic hydroxyl groups excluding tert-OH is 1. The molecule has 1 N–H and O–H groups in total. The Morgan fingerprint density at radius 3 is 2.35 bits per heavy atom. The third-order valence-corrected chi connectivity index (χ3v) is 3.74. The normalized spacial score (nSPS) is 13.9. The van der Waals surface area contributed by atoms with Crippen LogP contribution in [0, 0.1) is 5.41 Å². The molecule has 0 aromatic heterocycles. The molecular formula is C16H20O. The zero-order valence-corrected chi connectivity index (χ0v) is 10.8. The Morgan fingerprint density at radius 1 is 1.06 bits per heavy atom. The summed E-state index contributed by atoms with van der Waals surface area (Å²) < 4.78 is 0. The van der Waals surface area contributed by atoms with Crippen molar-refractivity contribution in [1.29, 1.82) is 0 Å². The van der Waals surface area contributed by atoms with Crippen LogP contribution in [0.25, 0.3) is 10.8 Å². The first-order chi connectivity index (χ1) is 8.04. The van der Waals surface area contributed by atoms with Crippen LogP contribution in [0.15, 0.2) is 42.5 Å². The van der Waals surface area contributed by atoms with Crippen LogP contribution >= 0.6 is 0 Å². The van der Waals surface area contributed by atoms with Gasteiger partial charge in [0.1, 0.15) is 0 Å². The lowest BCUT2D eigenvalue weighted by molar-refractivity contribution is 0.0467. The summed E-state index contributed by atoms with van der Waals surface area (Å²) in [4.78, 5) is 0. The SMILES string of the molecule is CCC(C)(C)C(O)c1ccc2ccccc2c1. The van der Waals surface area contributed by atoms with E-state index in [0.717, 1.165) is 12.0 Å². The van der Waals surface area contributed by atoms with Crippen molar-refractivity contribution in [1.82, 2.24) is 0 Å². The third-order valence-electron chi connectivity index (χ3n) is 3.74. The fourth-order valence-electron chi connectivity index (χ4n) is 2.02. The maximum absolute atomic E-state index is 10.4. The number of rotatable bonds is 3. The van der Waals surface area contributed by atoms with Crippen molar-refractivity contribution in [2.75, 3.05) is 0 Å². The summed E-state index contributed by atoms with van der Waals surface area (Å²) in [6.07, 6.45) is 0.554. The van der Waals surface area contributed by atoms with Gasteiger partial charge < -0.3 is 5.11 Å². The summed E-state index contributed by atoms with van der Waals surface area (Å²) in [6, 6.07) is 14.5. The van der Waals surface area contributed by atoms with E-state index in [0.29, 0.717) is 0 Å². The number of benzene rings is 2. The quantitative estimate of drug-likeness (QED) is 0.830. The Hall–Kier alpha value is -1.34. The summed E-state index contributed by atoms with van der Waals surface area (Å²) in [5.74, 6) is 0. The molecule has 0 spiro atoms. The highest BCUT2D eigenvalue weighted by molar-refractivity contribution is 5.83. The zero-order chi connectivity index (χ0) is 12.5. The van der Waals surface area contributed by atoms with Gasteiger partial charge in [-0.3, -0.25) is 0 Å². The monoisotopic (exact) mass is 228 g/mol. The highest BCUT2D eigenvalue weighted by Crippen LogP contribution is 2.36. The Kier molecular flexibility index (Phi) is 3.21. The van der Waals surface area contributed by atoms with E-state index in [1.807, 2.05) is 18.2 Å². The Bertz CT molecular complexity index is 514. The molecule has 2 rings (SSSR count). The van der Waals surface area contributed by atoms with Crippen molar-refractivity contribution in [2.45, 2.75) is 33.3 Å². The van der Waals surface area contributed by atoms with E-state index in [1.165, 1.54) is 10.8 Å². The Balaban J connectivity index is 2.43. The van der Waals surface area contributed by atoms with Crippen LogP contribution < -0.4 is 0 Å². The second kappa shape index (κ2) is 4.50. The third kappa shape index (κ3) is 2.34. The number of hydrogen-bond donors (Lipinski definition) is 1. The van der Waals surface area contributed by atoms with E-state index in [2.05, 4.69) is 45.0 Å². The first kappa shape index (κ1) is 12.1. The van der Waals surface area contributed by atoms with Gasteiger partial charge in [0.15, 0.2) is 0 Å². The largest absolute Gasteiger partial charge is 0.388 e. The highest BCUT2D eigenvalue weighted by atomic mass is 16.3. The lowest BCUT2D eigenvalue weighted by atomic mass is 9.80. The number of aliphatic hydroxyl groups is 1. The molecule has 0 aliphatic carbocycles. The van der Waals surface area contributed by atoms with Gasteiger partial charge in [0.2, 0.25) is 0 Å². The van der Waals surface area contributed by atoms with E-state index >= 15 is 0 Å². The van der Waals surface area contributed by atoms with Crippen molar-refractivity contribution in [3.8, 4) is 0 Å². The fourth-order valence-corrected chi connectivity index (χ4v) is 2.02. The molecule has 90 valence electrons. The van der Waals surface area contributed by atoms with Crippen LogP contribution in [0.4, 0.5) is 0 Å². The Morgan fingerprint density at radius 2 is 1.71 bits per heavy atom. The maximum atomic E-state index is 10.4. The minimum atomic E-state index is -0.405. The number of fused-ring (bicyclic) bond motifs is 1. The minimum Gasteiger partial charge on any atom is -0.388 e. The van der Waals surface area contributed by atoms with Crippen molar-refractivity contribution < 1.29 is 5.11 Å². The van der Waals surface area contributed by atoms with Crippen LogP contribution in [0.3, 0.4) is 0 Å². The average molecular weight is 228 g/mol. The van der Waals surface area contributed by atoms with E-state index in [1.54, 1.807) is 0 Å². The van der Waals surface area contributed by atoms with Gasteiger partial charge in [-0.2, -0.15) is 0 Å². The van der Waals surface area contributed by atoms with Crippen LogP contribution in [0.1, 0.15) is 38.9 Å². The molecular weight excluding hydrogens is 208 g/mol. The molecule has 1 nitrogen and oxygen atoms in total. The van der Waals surface area contributed by atoms with Gasteiger partial charge in [-0.05, 0) is 34.2 Å². The van der Waals surface area contributed by atoms with Gasteiger partial charge >= 0.3 is 0 Å². The maximum Gasteiger partial charge on any atom is 0.0841 e. The van der Waals surface area contributed by atoms with Crippen molar-refractivity contribution >= 4 is 10.8 Å². The average Bonchev–Trinajstić information content (AvgIpc) is 2.37. The molecule has 17 heavy (non-hydrogen) atoms. The van der Waals surface area contributed by atoms with E-state index in [4.69, 9.17) is 0 Å². The molecule has 1 unspecified atom stereocenters. The highest BCUT2D eigenvalue weighted by Gasteiger charge is 2.27. The van der Waals surface area contributed by atoms with Crippen molar-refractivity contribution in [3.05, 3.63) is 48.0 Å². The minimum absolute atomic E-state index is 0.0809. The van der Waals surface area contributed by atoms with Gasteiger partial charge in [0.25, 0.3) is 0 Å². The van der Waals surface area contributed by atoms with Gasteiger partial charge in [-0.25, -0.2) is 0 Å². The molecule has 0 aliphatic heterocycles. The molecule has 2 aromatic carbocycles. The summed E-state index contributed by atoms with van der Waals surface area (Å²) >= 11 is 0. The van der Waals surface area contributed by atoms with Gasteiger partial charge in [-0.1, -0.05) is 57.2 Å². The van der Waals surface area contributed by atoms with Crippen LogP contribution in [-0.4, -0.2) is 5.11 Å². The van der Waals surface area contributed by atoms with Crippen LogP contribution in [-0.2, 0) is 0 Å². The molecule has 1 heteroatoms. The van der Waals surface area contributed by atoms with Gasteiger partial charge in [0.05, 0.1) is 6.10 Å². The topological polar surface area (TPSA) is 20.2 Å². The van der Waals surface area contributed by atoms with Crippen molar-refractivity contribution in [2.24, 2.45) is 5.41 Å². The first-order valence-electron chi connectivity index (χ1n) is 6.21. The lowest BCUT2D eigenvalue weighted by Gasteiger charge is -2.29. The Labute approximate surface area is 103 Å². The van der Waals surface area contributed by atoms with Crippen molar-refractivity contribution in [3.63, 3.8) is 0 Å².